The van der Waals surface area contributed by atoms with Gasteiger partial charge in [-0.2, -0.15) is 0 Å². The molecule has 346 valence electrons. The quantitative estimate of drug-likeness (QED) is 0.164. The maximum absolute atomic E-state index is 5.98. The van der Waals surface area contributed by atoms with Crippen LogP contribution in [-0.2, 0) is 5.41 Å². The summed E-state index contributed by atoms with van der Waals surface area (Å²) >= 11 is 0. The van der Waals surface area contributed by atoms with Gasteiger partial charge in [-0.15, -0.1) is 0 Å². The molecule has 0 N–H and O–H groups in total. The predicted molar refractivity (Wildman–Crippen MR) is 303 cm³/mol. The minimum Gasteiger partial charge on any atom is -0.309 e. The minimum atomic E-state index is -0.439. The Morgan fingerprint density at radius 2 is 0.958 bits per heavy atom. The molecule has 0 fully saturated rings. The first-order valence-corrected chi connectivity index (χ1v) is 26.2. The SMILES string of the molecule is CCC1CC(c2ccccc2)C(C)C(C)C(c2ccc(-n3c4cccc5cccc6c(cc7cccc3c7c54)-c3ccccc3C63c4ccccc4-c4ccccc43)c3ccccc23)=NC1c1ccccc1. The number of fused-ring (bicyclic) bond motifs is 11. The lowest BCUT2D eigenvalue weighted by Gasteiger charge is -2.38. The Hall–Kier alpha value is -8.07. The molecule has 1 aliphatic heterocycles. The van der Waals surface area contributed by atoms with Crippen LogP contribution in [0.2, 0.25) is 0 Å². The molecule has 5 unspecified atom stereocenters. The Labute approximate surface area is 422 Å². The second-order valence-electron chi connectivity index (χ2n) is 20.8. The fourth-order valence-corrected chi connectivity index (χ4v) is 14.0. The van der Waals surface area contributed by atoms with Gasteiger partial charge in [0.1, 0.15) is 0 Å². The van der Waals surface area contributed by atoms with Crippen LogP contribution in [0, 0.1) is 17.8 Å². The molecule has 0 saturated heterocycles. The molecule has 1 aromatic heterocycles. The van der Waals surface area contributed by atoms with E-state index in [1.807, 2.05) is 0 Å². The molecule has 2 heteroatoms. The first-order chi connectivity index (χ1) is 35.5. The van der Waals surface area contributed by atoms with Crippen molar-refractivity contribution in [2.45, 2.75) is 51.0 Å². The van der Waals surface area contributed by atoms with Crippen LogP contribution in [0.1, 0.15) is 84.5 Å². The van der Waals surface area contributed by atoms with Crippen molar-refractivity contribution in [2.24, 2.45) is 22.7 Å². The zero-order valence-corrected chi connectivity index (χ0v) is 41.1. The van der Waals surface area contributed by atoms with Crippen molar-refractivity contribution in [3.63, 3.8) is 0 Å². The van der Waals surface area contributed by atoms with E-state index in [0.29, 0.717) is 17.8 Å². The second kappa shape index (κ2) is 16.8. The highest BCUT2D eigenvalue weighted by molar-refractivity contribution is 6.24. The average molecular weight is 925 g/mol. The lowest BCUT2D eigenvalue weighted by atomic mass is 9.69. The fourth-order valence-electron chi connectivity index (χ4n) is 14.0. The molecule has 10 aromatic carbocycles. The van der Waals surface area contributed by atoms with E-state index < -0.39 is 5.41 Å². The highest BCUT2D eigenvalue weighted by Crippen LogP contribution is 2.62. The number of hydrogen-bond donors (Lipinski definition) is 0. The Balaban J connectivity index is 1.01. The average Bonchev–Trinajstić information content (AvgIpc) is 4.04. The van der Waals surface area contributed by atoms with Crippen LogP contribution in [0.3, 0.4) is 0 Å². The summed E-state index contributed by atoms with van der Waals surface area (Å²) in [4.78, 5) is 5.98. The van der Waals surface area contributed by atoms with Gasteiger partial charge in [0, 0.05) is 33.4 Å². The van der Waals surface area contributed by atoms with Crippen LogP contribution in [0.5, 0.6) is 0 Å². The lowest BCUT2D eigenvalue weighted by Crippen LogP contribution is -2.31. The zero-order valence-electron chi connectivity index (χ0n) is 41.1. The molecular weight excluding hydrogens is 869 g/mol. The number of benzene rings is 9. The normalized spacial score (nSPS) is 19.7. The Morgan fingerprint density at radius 3 is 1.60 bits per heavy atom. The van der Waals surface area contributed by atoms with Gasteiger partial charge < -0.3 is 4.57 Å². The van der Waals surface area contributed by atoms with Gasteiger partial charge in [-0.1, -0.05) is 233 Å². The minimum absolute atomic E-state index is 0.0552. The third-order valence-corrected chi connectivity index (χ3v) is 17.4. The van der Waals surface area contributed by atoms with Crippen molar-refractivity contribution < 1.29 is 0 Å². The lowest BCUT2D eigenvalue weighted by molar-refractivity contribution is 0.277. The van der Waals surface area contributed by atoms with E-state index in [0.717, 1.165) is 12.8 Å². The molecule has 2 nitrogen and oxygen atoms in total. The summed E-state index contributed by atoms with van der Waals surface area (Å²) < 4.78 is 2.55. The summed E-state index contributed by atoms with van der Waals surface area (Å²) in [6.45, 7) is 7.28. The molecule has 0 amide bonds. The summed E-state index contributed by atoms with van der Waals surface area (Å²) in [7, 11) is 0. The van der Waals surface area contributed by atoms with Crippen molar-refractivity contribution >= 4 is 49.1 Å². The van der Waals surface area contributed by atoms with Gasteiger partial charge in [-0.05, 0) is 120 Å². The van der Waals surface area contributed by atoms with E-state index in [2.05, 4.69) is 256 Å². The molecule has 0 radical (unpaired) electrons. The van der Waals surface area contributed by atoms with Crippen molar-refractivity contribution in [3.8, 4) is 27.9 Å². The van der Waals surface area contributed by atoms with E-state index in [1.54, 1.807) is 0 Å². The third-order valence-electron chi connectivity index (χ3n) is 17.4. The van der Waals surface area contributed by atoms with Crippen LogP contribution < -0.4 is 0 Å². The number of nitrogens with zero attached hydrogens (tertiary/aromatic N) is 2. The Morgan fingerprint density at radius 1 is 0.458 bits per heavy atom. The van der Waals surface area contributed by atoms with Gasteiger partial charge in [-0.25, -0.2) is 0 Å². The third kappa shape index (κ3) is 6.18. The maximum atomic E-state index is 5.98. The Bertz CT molecular complexity index is 3960. The van der Waals surface area contributed by atoms with Gasteiger partial charge in [0.25, 0.3) is 0 Å². The van der Waals surface area contributed by atoms with Gasteiger partial charge in [0.05, 0.1) is 28.2 Å². The largest absolute Gasteiger partial charge is 0.309 e. The molecule has 2 aliphatic carbocycles. The van der Waals surface area contributed by atoms with Gasteiger partial charge in [0.2, 0.25) is 0 Å². The van der Waals surface area contributed by atoms with E-state index in [-0.39, 0.29) is 12.0 Å². The summed E-state index contributed by atoms with van der Waals surface area (Å²) in [6, 6.07) is 87.1. The van der Waals surface area contributed by atoms with Gasteiger partial charge >= 0.3 is 0 Å². The van der Waals surface area contributed by atoms with E-state index >= 15 is 0 Å². The molecule has 14 rings (SSSR count). The highest BCUT2D eigenvalue weighted by Gasteiger charge is 2.51. The number of aromatic nitrogens is 1. The van der Waals surface area contributed by atoms with Crippen LogP contribution >= 0.6 is 0 Å². The summed E-state index contributed by atoms with van der Waals surface area (Å²) in [6.07, 6.45) is 2.18. The summed E-state index contributed by atoms with van der Waals surface area (Å²) in [5.74, 6) is 1.40. The predicted octanol–water partition coefficient (Wildman–Crippen LogP) is 18.0. The number of rotatable bonds is 5. The first-order valence-electron chi connectivity index (χ1n) is 26.2. The van der Waals surface area contributed by atoms with Gasteiger partial charge in [0.15, 0.2) is 0 Å². The molecule has 2 heterocycles. The van der Waals surface area contributed by atoms with E-state index in [1.165, 1.54) is 116 Å². The highest BCUT2D eigenvalue weighted by atomic mass is 15.0. The molecule has 72 heavy (non-hydrogen) atoms. The zero-order chi connectivity index (χ0) is 48.1. The van der Waals surface area contributed by atoms with Crippen molar-refractivity contribution in [1.82, 2.24) is 4.57 Å². The standard InChI is InChI=1S/C70H56N2/c1-4-46-42-57(47-22-7-5-8-23-47)44(2)45(3)68(71-69(46)49-24-9-6-10-25-49)56-40-41-63(55-33-12-11-29-51(55)56)72-64-38-20-27-48-26-19-37-62-58(43-50-28-21-39-65(72)67(50)66(48)64)54-32-15-18-36-61(54)70(62)59-34-16-13-30-52(59)53-31-14-17-35-60(53)70/h5-41,43-46,57,69H,4,42H2,1-3H3. The smallest absolute Gasteiger partial charge is 0.0780 e. The van der Waals surface area contributed by atoms with Gasteiger partial charge in [-0.3, -0.25) is 4.99 Å². The molecule has 11 aromatic rings. The van der Waals surface area contributed by atoms with E-state index in [9.17, 15) is 0 Å². The topological polar surface area (TPSA) is 17.3 Å². The fraction of sp³-hybridized carbons (Fsp3) is 0.157. The number of hydrogen-bond acceptors (Lipinski definition) is 1. The Kier molecular flexibility index (Phi) is 9.97. The molecular formula is C70H56N2. The summed E-state index contributed by atoms with van der Waals surface area (Å²) in [5, 5.41) is 7.45. The van der Waals surface area contributed by atoms with Crippen LogP contribution in [0.15, 0.2) is 236 Å². The molecule has 0 bridgehead atoms. The van der Waals surface area contributed by atoms with E-state index in [4.69, 9.17) is 4.99 Å². The number of aliphatic imine (C=N–C) groups is 1. The summed E-state index contributed by atoms with van der Waals surface area (Å²) in [5.41, 5.74) is 18.9. The van der Waals surface area contributed by atoms with Crippen molar-refractivity contribution in [1.29, 1.82) is 0 Å². The monoisotopic (exact) mass is 924 g/mol. The van der Waals surface area contributed by atoms with Crippen LogP contribution in [0.25, 0.3) is 71.3 Å². The molecule has 3 aliphatic rings. The van der Waals surface area contributed by atoms with Crippen LogP contribution in [0.4, 0.5) is 0 Å². The second-order valence-corrected chi connectivity index (χ2v) is 20.8. The molecule has 0 saturated carbocycles. The van der Waals surface area contributed by atoms with Crippen molar-refractivity contribution in [2.75, 3.05) is 0 Å². The molecule has 5 atom stereocenters. The molecule has 1 spiro atoms. The van der Waals surface area contributed by atoms with Crippen LogP contribution in [-0.4, -0.2) is 10.3 Å². The van der Waals surface area contributed by atoms with Crippen molar-refractivity contribution in [3.05, 3.63) is 269 Å². The first kappa shape index (κ1) is 42.8. The maximum Gasteiger partial charge on any atom is 0.0780 e.